The predicted octanol–water partition coefficient (Wildman–Crippen LogP) is 2.83. The van der Waals surface area contributed by atoms with Crippen molar-refractivity contribution in [2.45, 2.75) is 0 Å². The van der Waals surface area contributed by atoms with Crippen LogP contribution in [-0.4, -0.2) is 6.29 Å². The predicted molar refractivity (Wildman–Crippen MR) is 59.2 cm³/mol. The molecule has 0 aliphatic rings. The van der Waals surface area contributed by atoms with Gasteiger partial charge in [0.05, 0.1) is 9.13 Å². The first kappa shape index (κ1) is 9.24. The fourth-order valence-corrected chi connectivity index (χ4v) is 2.24. The Kier molecular flexibility index (Phi) is 3.57. The number of para-hydroxylation sites is 1. The van der Waals surface area contributed by atoms with E-state index < -0.39 is 0 Å². The number of halogens is 2. The highest BCUT2D eigenvalue weighted by Crippen LogP contribution is 2.25. The average molecular weight is 374 g/mol. The smallest absolute Gasteiger partial charge is 0.192 e. The first-order valence-electron chi connectivity index (χ1n) is 2.82. The second kappa shape index (κ2) is 4.24. The molecule has 1 aromatic carbocycles. The Morgan fingerprint density at radius 2 is 2.18 bits per heavy atom. The summed E-state index contributed by atoms with van der Waals surface area (Å²) >= 11 is 3.88. The van der Waals surface area contributed by atoms with Gasteiger partial charge in [-0.3, -0.25) is 4.79 Å². The molecule has 58 valence electrons. The Balaban J connectivity index is 3.23. The molecule has 0 saturated carbocycles. The molecule has 0 saturated heterocycles. The SMILES string of the molecule is O=Cc1cccc(I)c1OI. The third kappa shape index (κ3) is 2.05. The molecule has 0 spiro atoms. The van der Waals surface area contributed by atoms with E-state index in [1.165, 1.54) is 0 Å². The van der Waals surface area contributed by atoms with Crippen LogP contribution in [-0.2, 0) is 0 Å². The summed E-state index contributed by atoms with van der Waals surface area (Å²) in [5.41, 5.74) is 0.589. The summed E-state index contributed by atoms with van der Waals surface area (Å²) in [4.78, 5) is 10.5. The summed E-state index contributed by atoms with van der Waals surface area (Å²) in [5, 5.41) is 0. The zero-order valence-corrected chi connectivity index (χ0v) is 9.70. The van der Waals surface area contributed by atoms with Gasteiger partial charge in [-0.25, -0.2) is 0 Å². The molecule has 2 nitrogen and oxygen atoms in total. The molecule has 0 atom stereocenters. The van der Waals surface area contributed by atoms with Crippen LogP contribution in [0.4, 0.5) is 0 Å². The molecule has 0 fully saturated rings. The number of carbonyl (C=O) groups excluding carboxylic acids is 1. The molecule has 0 aliphatic carbocycles. The fourth-order valence-electron chi connectivity index (χ4n) is 0.700. The minimum absolute atomic E-state index is 0.589. The Morgan fingerprint density at radius 1 is 1.45 bits per heavy atom. The summed E-state index contributed by atoms with van der Waals surface area (Å²) in [6, 6.07) is 5.44. The number of hydrogen-bond donors (Lipinski definition) is 0. The van der Waals surface area contributed by atoms with Gasteiger partial charge in [0.25, 0.3) is 0 Å². The van der Waals surface area contributed by atoms with Crippen LogP contribution in [0.1, 0.15) is 10.4 Å². The molecule has 0 radical (unpaired) electrons. The molecular formula is C7H4I2O2. The van der Waals surface area contributed by atoms with Crippen LogP contribution in [0.3, 0.4) is 0 Å². The molecule has 1 rings (SSSR count). The number of rotatable bonds is 2. The van der Waals surface area contributed by atoms with Gasteiger partial charge in [-0.15, -0.1) is 0 Å². The van der Waals surface area contributed by atoms with E-state index in [1.54, 1.807) is 29.1 Å². The van der Waals surface area contributed by atoms with Gasteiger partial charge < -0.3 is 3.07 Å². The molecule has 0 bridgehead atoms. The summed E-state index contributed by atoms with van der Waals surface area (Å²) in [6.45, 7) is 0. The summed E-state index contributed by atoms with van der Waals surface area (Å²) < 4.78 is 5.94. The van der Waals surface area contributed by atoms with Gasteiger partial charge in [-0.1, -0.05) is 6.07 Å². The van der Waals surface area contributed by atoms with Crippen LogP contribution in [0.2, 0.25) is 0 Å². The Bertz CT molecular complexity index is 273. The normalized spacial score (nSPS) is 9.27. The van der Waals surface area contributed by atoms with E-state index in [0.717, 1.165) is 9.86 Å². The lowest BCUT2D eigenvalue weighted by molar-refractivity contribution is 0.112. The van der Waals surface area contributed by atoms with Crippen molar-refractivity contribution >= 4 is 51.9 Å². The van der Waals surface area contributed by atoms with Crippen molar-refractivity contribution in [2.75, 3.05) is 0 Å². The lowest BCUT2D eigenvalue weighted by Crippen LogP contribution is -1.87. The molecule has 4 heteroatoms. The highest BCUT2D eigenvalue weighted by molar-refractivity contribution is 14.1. The van der Waals surface area contributed by atoms with Gasteiger partial charge in [0, 0.05) is 0 Å². The van der Waals surface area contributed by atoms with Crippen molar-refractivity contribution in [3.8, 4) is 5.75 Å². The van der Waals surface area contributed by atoms with Crippen molar-refractivity contribution in [3.63, 3.8) is 0 Å². The van der Waals surface area contributed by atoms with E-state index in [1.807, 2.05) is 12.1 Å². The van der Waals surface area contributed by atoms with Crippen LogP contribution in [0, 0.1) is 3.57 Å². The monoisotopic (exact) mass is 374 g/mol. The van der Waals surface area contributed by atoms with Crippen molar-refractivity contribution in [2.24, 2.45) is 0 Å². The second-order valence-corrected chi connectivity index (χ2v) is 3.46. The Hall–Kier alpha value is 0.150. The van der Waals surface area contributed by atoms with Gasteiger partial charge in [0.15, 0.2) is 35.0 Å². The maximum atomic E-state index is 10.5. The number of aldehydes is 1. The first-order valence-corrected chi connectivity index (χ1v) is 4.78. The van der Waals surface area contributed by atoms with E-state index in [-0.39, 0.29) is 0 Å². The first-order chi connectivity index (χ1) is 5.29. The van der Waals surface area contributed by atoms with Crippen molar-refractivity contribution in [1.82, 2.24) is 0 Å². The van der Waals surface area contributed by atoms with Crippen LogP contribution < -0.4 is 3.07 Å². The lowest BCUT2D eigenvalue weighted by atomic mass is 10.2. The number of hydrogen-bond acceptors (Lipinski definition) is 2. The van der Waals surface area contributed by atoms with Gasteiger partial charge in [-0.2, -0.15) is 0 Å². The molecule has 0 aliphatic heterocycles. The fraction of sp³-hybridized carbons (Fsp3) is 0. The van der Waals surface area contributed by atoms with E-state index in [4.69, 9.17) is 3.07 Å². The minimum atomic E-state index is 0.589. The molecule has 0 unspecified atom stereocenters. The van der Waals surface area contributed by atoms with Crippen LogP contribution in [0.15, 0.2) is 18.2 Å². The molecular weight excluding hydrogens is 370 g/mol. The summed E-state index contributed by atoms with van der Waals surface area (Å²) in [5.74, 6) is 0.642. The second-order valence-electron chi connectivity index (χ2n) is 1.85. The molecule has 11 heavy (non-hydrogen) atoms. The van der Waals surface area contributed by atoms with E-state index in [0.29, 0.717) is 11.3 Å². The summed E-state index contributed by atoms with van der Waals surface area (Å²) in [6.07, 6.45) is 0.788. The van der Waals surface area contributed by atoms with E-state index >= 15 is 0 Å². The highest BCUT2D eigenvalue weighted by atomic mass is 127. The quantitative estimate of drug-likeness (QED) is 0.588. The van der Waals surface area contributed by atoms with Crippen LogP contribution in [0.5, 0.6) is 5.75 Å². The Morgan fingerprint density at radius 3 is 2.64 bits per heavy atom. The Labute approximate surface area is 92.1 Å². The van der Waals surface area contributed by atoms with Crippen molar-refractivity contribution in [1.29, 1.82) is 0 Å². The van der Waals surface area contributed by atoms with Gasteiger partial charge in [-0.05, 0) is 34.7 Å². The van der Waals surface area contributed by atoms with E-state index in [9.17, 15) is 4.79 Å². The van der Waals surface area contributed by atoms with Gasteiger partial charge in [0.2, 0.25) is 0 Å². The van der Waals surface area contributed by atoms with Gasteiger partial charge in [0.1, 0.15) is 0 Å². The van der Waals surface area contributed by atoms with Gasteiger partial charge >= 0.3 is 0 Å². The third-order valence-corrected chi connectivity index (χ3v) is 2.49. The standard InChI is InChI=1S/C7H4I2O2/c8-6-3-1-2-5(4-10)7(6)11-9/h1-4H. The molecule has 0 heterocycles. The average Bonchev–Trinajstić information content (AvgIpc) is 2.04. The van der Waals surface area contributed by atoms with Crippen molar-refractivity contribution < 1.29 is 7.86 Å². The maximum Gasteiger partial charge on any atom is 0.192 e. The zero-order valence-electron chi connectivity index (χ0n) is 5.38. The van der Waals surface area contributed by atoms with E-state index in [2.05, 4.69) is 22.6 Å². The number of carbonyl (C=O) groups is 1. The molecule has 0 aromatic heterocycles. The maximum absolute atomic E-state index is 10.5. The zero-order chi connectivity index (χ0) is 8.27. The molecule has 0 N–H and O–H groups in total. The largest absolute Gasteiger partial charge is 0.426 e. The highest BCUT2D eigenvalue weighted by Gasteiger charge is 2.04. The molecule has 1 aromatic rings. The van der Waals surface area contributed by atoms with Crippen LogP contribution in [0.25, 0.3) is 0 Å². The molecule has 0 amide bonds. The van der Waals surface area contributed by atoms with Crippen LogP contribution >= 0.6 is 45.6 Å². The lowest BCUT2D eigenvalue weighted by Gasteiger charge is -2.01. The van der Waals surface area contributed by atoms with Crippen molar-refractivity contribution in [3.05, 3.63) is 27.3 Å². The minimum Gasteiger partial charge on any atom is -0.426 e. The summed E-state index contributed by atoms with van der Waals surface area (Å²) in [7, 11) is 0. The third-order valence-electron chi connectivity index (χ3n) is 1.20. The topological polar surface area (TPSA) is 26.3 Å². The number of benzene rings is 1.